The van der Waals surface area contributed by atoms with Crippen LogP contribution in [0.3, 0.4) is 0 Å². The standard InChI is InChI=1S/C20H20F2N2O6S2/c1-4-28-18(25)14(19(26)29-5-2)17-24-11(9-32-17)8-23(20(27)30-10-31-3)16-13(24)7-6-12(21)15(16)22/h6-7,9H,4-5,8,10H2,1-3H3. The molecule has 2 aliphatic rings. The lowest BCUT2D eigenvalue weighted by molar-refractivity contribution is -0.146. The summed E-state index contributed by atoms with van der Waals surface area (Å²) in [4.78, 5) is 40.1. The molecular weight excluding hydrogens is 466 g/mol. The molecule has 172 valence electrons. The molecule has 3 rings (SSSR count). The molecule has 0 saturated heterocycles. The Morgan fingerprint density at radius 3 is 2.34 bits per heavy atom. The van der Waals surface area contributed by atoms with Gasteiger partial charge < -0.3 is 19.1 Å². The highest BCUT2D eigenvalue weighted by molar-refractivity contribution is 8.06. The number of rotatable bonds is 6. The van der Waals surface area contributed by atoms with Gasteiger partial charge in [-0.1, -0.05) is 11.8 Å². The van der Waals surface area contributed by atoms with E-state index in [0.717, 1.165) is 22.7 Å². The van der Waals surface area contributed by atoms with Crippen LogP contribution in [0.1, 0.15) is 13.8 Å². The lowest BCUT2D eigenvalue weighted by Crippen LogP contribution is -2.42. The first kappa shape index (κ1) is 23.9. The average Bonchev–Trinajstić information content (AvgIpc) is 3.18. The van der Waals surface area contributed by atoms with Gasteiger partial charge in [-0.25, -0.2) is 23.2 Å². The van der Waals surface area contributed by atoms with E-state index in [-0.39, 0.29) is 47.7 Å². The zero-order chi connectivity index (χ0) is 23.4. The Kier molecular flexibility index (Phi) is 7.67. The molecule has 8 nitrogen and oxygen atoms in total. The van der Waals surface area contributed by atoms with Crippen molar-refractivity contribution in [1.82, 2.24) is 0 Å². The van der Waals surface area contributed by atoms with E-state index >= 15 is 0 Å². The van der Waals surface area contributed by atoms with Gasteiger partial charge in [0, 0.05) is 0 Å². The van der Waals surface area contributed by atoms with E-state index in [1.807, 2.05) is 0 Å². The molecule has 2 aliphatic heterocycles. The summed E-state index contributed by atoms with van der Waals surface area (Å²) >= 11 is 2.26. The minimum atomic E-state index is -1.26. The van der Waals surface area contributed by atoms with Gasteiger partial charge in [-0.2, -0.15) is 0 Å². The number of hydrogen-bond donors (Lipinski definition) is 0. The van der Waals surface area contributed by atoms with Gasteiger partial charge in [0.2, 0.25) is 0 Å². The molecule has 12 heteroatoms. The molecular formula is C20H20F2N2O6S2. The lowest BCUT2D eigenvalue weighted by atomic mass is 10.1. The number of nitrogens with zero attached hydrogens (tertiary/aromatic N) is 2. The fourth-order valence-corrected chi connectivity index (χ4v) is 4.37. The van der Waals surface area contributed by atoms with Crippen molar-refractivity contribution in [2.45, 2.75) is 13.8 Å². The molecule has 0 atom stereocenters. The summed E-state index contributed by atoms with van der Waals surface area (Å²) in [6.45, 7) is 3.04. The second-order valence-electron chi connectivity index (χ2n) is 6.32. The van der Waals surface area contributed by atoms with Gasteiger partial charge in [0.25, 0.3) is 0 Å². The minimum absolute atomic E-state index is 0.0193. The van der Waals surface area contributed by atoms with E-state index in [0.29, 0.717) is 5.70 Å². The Hall–Kier alpha value is -2.73. The second kappa shape index (κ2) is 10.3. The van der Waals surface area contributed by atoms with Crippen LogP contribution >= 0.6 is 23.5 Å². The molecule has 0 N–H and O–H groups in total. The Morgan fingerprint density at radius 2 is 1.75 bits per heavy atom. The maximum Gasteiger partial charge on any atom is 0.415 e. The number of fused-ring (bicyclic) bond motifs is 3. The van der Waals surface area contributed by atoms with E-state index in [1.165, 1.54) is 22.7 Å². The summed E-state index contributed by atoms with van der Waals surface area (Å²) in [5.41, 5.74) is -0.219. The summed E-state index contributed by atoms with van der Waals surface area (Å²) in [7, 11) is 0. The maximum absolute atomic E-state index is 14.9. The third-order valence-corrected chi connectivity index (χ3v) is 5.72. The third kappa shape index (κ3) is 4.42. The van der Waals surface area contributed by atoms with Crippen molar-refractivity contribution in [3.8, 4) is 0 Å². The van der Waals surface area contributed by atoms with E-state index in [9.17, 15) is 23.2 Å². The summed E-state index contributed by atoms with van der Waals surface area (Å²) in [6, 6.07) is 2.16. The predicted octanol–water partition coefficient (Wildman–Crippen LogP) is 3.97. The van der Waals surface area contributed by atoms with Crippen molar-refractivity contribution in [3.05, 3.63) is 45.5 Å². The van der Waals surface area contributed by atoms with E-state index in [4.69, 9.17) is 14.2 Å². The van der Waals surface area contributed by atoms with Gasteiger partial charge in [0.15, 0.2) is 17.2 Å². The van der Waals surface area contributed by atoms with Crippen LogP contribution in [-0.4, -0.2) is 50.0 Å². The molecule has 0 fully saturated rings. The van der Waals surface area contributed by atoms with Crippen LogP contribution in [0.5, 0.6) is 0 Å². The van der Waals surface area contributed by atoms with Crippen LogP contribution in [0.15, 0.2) is 33.8 Å². The second-order valence-corrected chi connectivity index (χ2v) is 7.99. The molecule has 2 heterocycles. The van der Waals surface area contributed by atoms with Gasteiger partial charge in [0.1, 0.15) is 16.7 Å². The van der Waals surface area contributed by atoms with E-state index in [2.05, 4.69) is 0 Å². The number of thioether (sulfide) groups is 2. The molecule has 1 aromatic carbocycles. The predicted molar refractivity (Wildman–Crippen MR) is 117 cm³/mol. The van der Waals surface area contributed by atoms with Crippen molar-refractivity contribution in [2.24, 2.45) is 0 Å². The van der Waals surface area contributed by atoms with Gasteiger partial charge >= 0.3 is 18.0 Å². The van der Waals surface area contributed by atoms with Crippen molar-refractivity contribution < 1.29 is 37.4 Å². The Balaban J connectivity index is 2.17. The van der Waals surface area contributed by atoms with E-state index < -0.39 is 29.7 Å². The average molecular weight is 487 g/mol. The minimum Gasteiger partial charge on any atom is -0.462 e. The molecule has 1 amide bonds. The molecule has 0 aliphatic carbocycles. The smallest absolute Gasteiger partial charge is 0.415 e. The normalized spacial score (nSPS) is 14.4. The first-order chi connectivity index (χ1) is 15.3. The highest BCUT2D eigenvalue weighted by Crippen LogP contribution is 2.49. The summed E-state index contributed by atoms with van der Waals surface area (Å²) < 4.78 is 44.1. The zero-order valence-corrected chi connectivity index (χ0v) is 19.1. The fraction of sp³-hybridized carbons (Fsp3) is 0.350. The first-order valence-electron chi connectivity index (χ1n) is 9.51. The molecule has 0 bridgehead atoms. The van der Waals surface area contributed by atoms with Crippen LogP contribution < -0.4 is 9.80 Å². The molecule has 0 unspecified atom stereocenters. The Labute approximate surface area is 191 Å². The molecule has 1 aromatic rings. The largest absolute Gasteiger partial charge is 0.462 e. The number of carbonyl (C=O) groups is 3. The number of hydrogen-bond acceptors (Lipinski definition) is 9. The molecule has 32 heavy (non-hydrogen) atoms. The van der Waals surface area contributed by atoms with Crippen LogP contribution in [0, 0.1) is 11.6 Å². The number of halogens is 2. The van der Waals surface area contributed by atoms with Gasteiger partial charge in [-0.05, 0) is 37.6 Å². The number of esters is 2. The summed E-state index contributed by atoms with van der Waals surface area (Å²) in [5.74, 6) is -4.21. The number of amides is 1. The van der Waals surface area contributed by atoms with Crippen LogP contribution in [-0.2, 0) is 23.8 Å². The van der Waals surface area contributed by atoms with Crippen LogP contribution in [0.2, 0.25) is 0 Å². The highest BCUT2D eigenvalue weighted by atomic mass is 32.2. The van der Waals surface area contributed by atoms with E-state index in [1.54, 1.807) is 25.5 Å². The van der Waals surface area contributed by atoms with Crippen molar-refractivity contribution in [2.75, 3.05) is 41.8 Å². The first-order valence-corrected chi connectivity index (χ1v) is 11.8. The molecule has 0 saturated carbocycles. The number of anilines is 2. The zero-order valence-electron chi connectivity index (χ0n) is 17.5. The SMILES string of the molecule is CCOC(=O)C(C(=O)OCC)=C1SC=C2CN(C(=O)OCSC)c3c(ccc(F)c3F)N21. The number of benzene rings is 1. The van der Waals surface area contributed by atoms with Crippen molar-refractivity contribution in [1.29, 1.82) is 0 Å². The molecule has 0 radical (unpaired) electrons. The maximum atomic E-state index is 14.9. The number of ether oxygens (including phenoxy) is 3. The quantitative estimate of drug-likeness (QED) is 0.148. The highest BCUT2D eigenvalue weighted by Gasteiger charge is 2.42. The lowest BCUT2D eigenvalue weighted by Gasteiger charge is -2.37. The van der Waals surface area contributed by atoms with Crippen LogP contribution in [0.25, 0.3) is 0 Å². The fourth-order valence-electron chi connectivity index (χ4n) is 3.12. The third-order valence-electron chi connectivity index (χ3n) is 4.37. The molecule has 0 spiro atoms. The van der Waals surface area contributed by atoms with Gasteiger partial charge in [-0.3, -0.25) is 4.90 Å². The van der Waals surface area contributed by atoms with Crippen molar-refractivity contribution in [3.63, 3.8) is 0 Å². The summed E-state index contributed by atoms with van der Waals surface area (Å²) in [5, 5.41) is 1.72. The topological polar surface area (TPSA) is 85.4 Å². The van der Waals surface area contributed by atoms with Gasteiger partial charge in [-0.15, -0.1) is 11.8 Å². The Bertz CT molecular complexity index is 994. The monoisotopic (exact) mass is 486 g/mol. The Morgan fingerprint density at radius 1 is 1.09 bits per heavy atom. The number of carbonyl (C=O) groups excluding carboxylic acids is 3. The van der Waals surface area contributed by atoms with Gasteiger partial charge in [0.05, 0.1) is 31.1 Å². The van der Waals surface area contributed by atoms with Crippen molar-refractivity contribution >= 4 is 52.9 Å². The van der Waals surface area contributed by atoms with Crippen LogP contribution in [0.4, 0.5) is 25.0 Å². The molecule has 0 aromatic heterocycles. The summed E-state index contributed by atoms with van der Waals surface area (Å²) in [6.07, 6.45) is 0.864.